The zero-order valence-corrected chi connectivity index (χ0v) is 18.6. The molecular formula is C18H19BrCl2F3N3O3. The van der Waals surface area contributed by atoms with Crippen molar-refractivity contribution in [1.29, 1.82) is 0 Å². The third-order valence-electron chi connectivity index (χ3n) is 4.43. The van der Waals surface area contributed by atoms with Crippen molar-refractivity contribution in [3.8, 4) is 5.75 Å². The van der Waals surface area contributed by atoms with Crippen LogP contribution in [0.25, 0.3) is 0 Å². The first kappa shape index (κ1) is 26.4. The van der Waals surface area contributed by atoms with Crippen molar-refractivity contribution in [2.75, 3.05) is 26.2 Å². The van der Waals surface area contributed by atoms with E-state index in [-0.39, 0.29) is 42.3 Å². The normalized spacial score (nSPS) is 15.5. The SMILES string of the molecule is Cl.Cl.O=[N+]([O-])c1cc([C@H](c2ccc(OC(F)(F)F)cc2)N2CCNCC2)ccc1Br. The Labute approximate surface area is 191 Å². The van der Waals surface area contributed by atoms with E-state index in [1.54, 1.807) is 24.3 Å². The summed E-state index contributed by atoms with van der Waals surface area (Å²) < 4.78 is 41.5. The Morgan fingerprint density at radius 1 is 1.07 bits per heavy atom. The van der Waals surface area contributed by atoms with Gasteiger partial charge in [0.15, 0.2) is 0 Å². The minimum Gasteiger partial charge on any atom is -0.406 e. The first-order chi connectivity index (χ1) is 13.2. The van der Waals surface area contributed by atoms with E-state index < -0.39 is 11.3 Å². The molecule has 3 rings (SSSR count). The summed E-state index contributed by atoms with van der Waals surface area (Å²) in [6.07, 6.45) is -4.76. The highest BCUT2D eigenvalue weighted by Crippen LogP contribution is 2.35. The molecule has 1 heterocycles. The zero-order valence-electron chi connectivity index (χ0n) is 15.4. The minimum atomic E-state index is -4.76. The fourth-order valence-electron chi connectivity index (χ4n) is 3.25. The largest absolute Gasteiger partial charge is 0.573 e. The molecule has 1 N–H and O–H groups in total. The molecule has 0 aliphatic carbocycles. The van der Waals surface area contributed by atoms with Gasteiger partial charge in [-0.3, -0.25) is 15.0 Å². The molecule has 0 bridgehead atoms. The second-order valence-corrected chi connectivity index (χ2v) is 7.13. The summed E-state index contributed by atoms with van der Waals surface area (Å²) in [6, 6.07) is 10.2. The van der Waals surface area contributed by atoms with Gasteiger partial charge in [-0.25, -0.2) is 0 Å². The summed E-state index contributed by atoms with van der Waals surface area (Å²) in [6.45, 7) is 2.92. The van der Waals surface area contributed by atoms with Gasteiger partial charge in [-0.15, -0.1) is 38.0 Å². The van der Waals surface area contributed by atoms with Gasteiger partial charge in [0.1, 0.15) is 5.75 Å². The Hall–Kier alpha value is -1.59. The first-order valence-electron chi connectivity index (χ1n) is 8.49. The van der Waals surface area contributed by atoms with E-state index in [1.165, 1.54) is 18.2 Å². The van der Waals surface area contributed by atoms with Gasteiger partial charge < -0.3 is 10.1 Å². The second-order valence-electron chi connectivity index (χ2n) is 6.27. The van der Waals surface area contributed by atoms with Crippen LogP contribution in [0.4, 0.5) is 18.9 Å². The third-order valence-corrected chi connectivity index (χ3v) is 5.10. The van der Waals surface area contributed by atoms with Gasteiger partial charge in [0.25, 0.3) is 5.69 Å². The molecule has 1 saturated heterocycles. The highest BCUT2D eigenvalue weighted by Gasteiger charge is 2.31. The number of nitrogens with zero attached hydrogens (tertiary/aromatic N) is 2. The van der Waals surface area contributed by atoms with E-state index in [0.29, 0.717) is 23.1 Å². The summed E-state index contributed by atoms with van der Waals surface area (Å²) in [5.41, 5.74) is 1.36. The number of nitro benzene ring substituents is 1. The summed E-state index contributed by atoms with van der Waals surface area (Å²) in [4.78, 5) is 13.0. The van der Waals surface area contributed by atoms with Crippen LogP contribution in [0.5, 0.6) is 5.75 Å². The van der Waals surface area contributed by atoms with E-state index >= 15 is 0 Å². The maximum absolute atomic E-state index is 12.4. The molecule has 0 saturated carbocycles. The average Bonchev–Trinajstić information content (AvgIpc) is 2.64. The Balaban J connectivity index is 0.00000225. The Bertz CT molecular complexity index is 851. The van der Waals surface area contributed by atoms with Crippen LogP contribution < -0.4 is 10.1 Å². The standard InChI is InChI=1S/C18H17BrF3N3O3.2ClH/c19-15-6-3-13(11-16(15)25(26)27)17(24-9-7-23-8-10-24)12-1-4-14(5-2-12)28-18(20,21)22;;/h1-6,11,17,23H,7-10H2;2*1H/t17-;;/m0../s1. The highest BCUT2D eigenvalue weighted by atomic mass is 79.9. The highest BCUT2D eigenvalue weighted by molar-refractivity contribution is 9.10. The third kappa shape index (κ3) is 6.71. The summed E-state index contributed by atoms with van der Waals surface area (Å²) in [5, 5.41) is 14.6. The molecule has 1 aliphatic rings. The van der Waals surface area contributed by atoms with E-state index in [2.05, 4.69) is 30.9 Å². The Morgan fingerprint density at radius 3 is 2.17 bits per heavy atom. The molecule has 1 atom stereocenters. The lowest BCUT2D eigenvalue weighted by atomic mass is 9.96. The molecule has 0 radical (unpaired) electrons. The monoisotopic (exact) mass is 531 g/mol. The predicted octanol–water partition coefficient (Wildman–Crippen LogP) is 5.09. The molecule has 1 aliphatic heterocycles. The Morgan fingerprint density at radius 2 is 1.63 bits per heavy atom. The topological polar surface area (TPSA) is 67.6 Å². The van der Waals surface area contributed by atoms with Crippen molar-refractivity contribution in [3.05, 3.63) is 68.2 Å². The fraction of sp³-hybridized carbons (Fsp3) is 0.333. The van der Waals surface area contributed by atoms with Crippen LogP contribution in [0.2, 0.25) is 0 Å². The van der Waals surface area contributed by atoms with Crippen molar-refractivity contribution in [2.24, 2.45) is 0 Å². The molecule has 0 amide bonds. The maximum Gasteiger partial charge on any atom is 0.573 e. The van der Waals surface area contributed by atoms with Gasteiger partial charge in [-0.05, 0) is 45.3 Å². The molecule has 30 heavy (non-hydrogen) atoms. The number of hydrogen-bond acceptors (Lipinski definition) is 5. The van der Waals surface area contributed by atoms with Gasteiger partial charge >= 0.3 is 6.36 Å². The molecule has 0 unspecified atom stereocenters. The van der Waals surface area contributed by atoms with Gasteiger partial charge in [0.05, 0.1) is 15.4 Å². The number of halogens is 6. The molecule has 0 aromatic heterocycles. The van der Waals surface area contributed by atoms with Gasteiger partial charge in [-0.1, -0.05) is 18.2 Å². The minimum absolute atomic E-state index is 0. The van der Waals surface area contributed by atoms with Crippen LogP contribution in [-0.4, -0.2) is 42.4 Å². The van der Waals surface area contributed by atoms with Crippen LogP contribution in [0, 0.1) is 10.1 Å². The number of alkyl halides is 3. The van der Waals surface area contributed by atoms with E-state index in [4.69, 9.17) is 0 Å². The van der Waals surface area contributed by atoms with Crippen molar-refractivity contribution < 1.29 is 22.8 Å². The number of ether oxygens (including phenoxy) is 1. The smallest absolute Gasteiger partial charge is 0.406 e. The van der Waals surface area contributed by atoms with Gasteiger partial charge in [0.2, 0.25) is 0 Å². The number of nitrogens with one attached hydrogen (secondary N) is 1. The summed E-state index contributed by atoms with van der Waals surface area (Å²) in [7, 11) is 0. The molecular weight excluding hydrogens is 514 g/mol. The Kier molecular flexibility index (Phi) is 9.83. The molecule has 12 heteroatoms. The van der Waals surface area contributed by atoms with Gasteiger partial charge in [-0.2, -0.15) is 0 Å². The van der Waals surface area contributed by atoms with E-state index in [9.17, 15) is 23.3 Å². The van der Waals surface area contributed by atoms with Crippen molar-refractivity contribution in [2.45, 2.75) is 12.4 Å². The number of nitro groups is 1. The van der Waals surface area contributed by atoms with Crippen LogP contribution in [-0.2, 0) is 0 Å². The molecule has 1 fully saturated rings. The number of benzene rings is 2. The van der Waals surface area contributed by atoms with Crippen LogP contribution in [0.3, 0.4) is 0 Å². The average molecular weight is 533 g/mol. The quantitative estimate of drug-likeness (QED) is 0.429. The molecule has 6 nitrogen and oxygen atoms in total. The second kappa shape index (κ2) is 11.1. The molecule has 2 aromatic carbocycles. The van der Waals surface area contributed by atoms with Crippen molar-refractivity contribution in [3.63, 3.8) is 0 Å². The van der Waals surface area contributed by atoms with E-state index in [0.717, 1.165) is 18.7 Å². The molecule has 2 aromatic rings. The number of hydrogen-bond donors (Lipinski definition) is 1. The van der Waals surface area contributed by atoms with E-state index in [1.807, 2.05) is 0 Å². The summed E-state index contributed by atoms with van der Waals surface area (Å²) in [5.74, 6) is -0.308. The van der Waals surface area contributed by atoms with Crippen LogP contribution in [0.1, 0.15) is 17.2 Å². The van der Waals surface area contributed by atoms with Crippen LogP contribution in [0.15, 0.2) is 46.9 Å². The lowest BCUT2D eigenvalue weighted by Gasteiger charge is -2.35. The summed E-state index contributed by atoms with van der Waals surface area (Å²) >= 11 is 3.18. The lowest BCUT2D eigenvalue weighted by molar-refractivity contribution is -0.385. The molecule has 0 spiro atoms. The lowest BCUT2D eigenvalue weighted by Crippen LogP contribution is -2.45. The fourth-order valence-corrected chi connectivity index (χ4v) is 3.64. The zero-order chi connectivity index (χ0) is 20.3. The van der Waals surface area contributed by atoms with Crippen LogP contribution >= 0.6 is 40.7 Å². The number of rotatable bonds is 5. The first-order valence-corrected chi connectivity index (χ1v) is 9.28. The predicted molar refractivity (Wildman–Crippen MR) is 115 cm³/mol. The van der Waals surface area contributed by atoms with Gasteiger partial charge in [0, 0.05) is 32.2 Å². The number of piperazine rings is 1. The van der Waals surface area contributed by atoms with Crippen molar-refractivity contribution in [1.82, 2.24) is 10.2 Å². The molecule has 166 valence electrons. The van der Waals surface area contributed by atoms with Crippen molar-refractivity contribution >= 4 is 46.4 Å². The maximum atomic E-state index is 12.4.